The van der Waals surface area contributed by atoms with Crippen molar-refractivity contribution in [1.29, 1.82) is 0 Å². The first-order valence-electron chi connectivity index (χ1n) is 15.1. The zero-order valence-corrected chi connectivity index (χ0v) is 25.4. The van der Waals surface area contributed by atoms with E-state index in [0.29, 0.717) is 37.7 Å². The van der Waals surface area contributed by atoms with Gasteiger partial charge in [-0.1, -0.05) is 20.8 Å². The molecule has 1 aromatic heterocycles. The summed E-state index contributed by atoms with van der Waals surface area (Å²) < 4.78 is 12.1. The summed E-state index contributed by atoms with van der Waals surface area (Å²) in [6, 6.07) is 3.81. The molecule has 1 N–H and O–H groups in total. The van der Waals surface area contributed by atoms with Crippen molar-refractivity contribution in [3.8, 4) is 11.5 Å². The highest BCUT2D eigenvalue weighted by Gasteiger charge is 2.39. The minimum Gasteiger partial charge on any atom is -0.493 e. The second kappa shape index (κ2) is 12.4. The zero-order valence-electron chi connectivity index (χ0n) is 25.4. The number of ether oxygens (including phenoxy) is 2. The lowest BCUT2D eigenvalue weighted by Gasteiger charge is -2.46. The van der Waals surface area contributed by atoms with Gasteiger partial charge in [-0.15, -0.1) is 0 Å². The van der Waals surface area contributed by atoms with Crippen LogP contribution in [0.1, 0.15) is 40.0 Å². The smallest absolute Gasteiger partial charge is 0.407 e. The number of anilines is 2. The van der Waals surface area contributed by atoms with Gasteiger partial charge in [0.25, 0.3) is 0 Å². The largest absolute Gasteiger partial charge is 0.493 e. The lowest BCUT2D eigenvalue weighted by molar-refractivity contribution is 0.0747. The molecular weight excluding hydrogens is 522 g/mol. The number of hydrogen-bond donors (Lipinski definition) is 1. The van der Waals surface area contributed by atoms with Gasteiger partial charge in [0.15, 0.2) is 11.5 Å². The Kier molecular flexibility index (Phi) is 8.94. The predicted molar refractivity (Wildman–Crippen MR) is 162 cm³/mol. The van der Waals surface area contributed by atoms with Gasteiger partial charge in [0.1, 0.15) is 5.82 Å². The van der Waals surface area contributed by atoms with E-state index in [-0.39, 0.29) is 11.5 Å². The summed E-state index contributed by atoms with van der Waals surface area (Å²) in [4.78, 5) is 33.1. The quantitative estimate of drug-likeness (QED) is 0.476. The molecular formula is C30H47N7O4. The molecule has 11 heteroatoms. The number of nitrogens with zero attached hydrogens (tertiary/aromatic N) is 7. The van der Waals surface area contributed by atoms with Crippen LogP contribution in [0.3, 0.4) is 0 Å². The predicted octanol–water partition coefficient (Wildman–Crippen LogP) is 3.47. The van der Waals surface area contributed by atoms with Gasteiger partial charge in [-0.3, -0.25) is 0 Å². The van der Waals surface area contributed by atoms with Crippen LogP contribution in [0.4, 0.5) is 16.6 Å². The van der Waals surface area contributed by atoms with Crippen LogP contribution in [0.2, 0.25) is 0 Å². The van der Waals surface area contributed by atoms with E-state index in [0.717, 1.165) is 87.7 Å². The summed E-state index contributed by atoms with van der Waals surface area (Å²) in [6.45, 7) is 15.8. The zero-order chi connectivity index (χ0) is 29.1. The maximum atomic E-state index is 12.1. The first-order chi connectivity index (χ1) is 19.6. The van der Waals surface area contributed by atoms with E-state index in [4.69, 9.17) is 19.4 Å². The van der Waals surface area contributed by atoms with Crippen molar-refractivity contribution < 1.29 is 19.4 Å². The Bertz CT molecular complexity index is 1210. The van der Waals surface area contributed by atoms with E-state index in [1.165, 1.54) is 0 Å². The van der Waals surface area contributed by atoms with Crippen molar-refractivity contribution in [2.24, 2.45) is 5.41 Å². The maximum absolute atomic E-state index is 12.1. The van der Waals surface area contributed by atoms with Crippen molar-refractivity contribution in [3.05, 3.63) is 12.1 Å². The van der Waals surface area contributed by atoms with Gasteiger partial charge >= 0.3 is 6.09 Å². The van der Waals surface area contributed by atoms with E-state index >= 15 is 0 Å². The fourth-order valence-corrected chi connectivity index (χ4v) is 6.17. The number of rotatable bonds is 8. The van der Waals surface area contributed by atoms with E-state index in [2.05, 4.69) is 47.4 Å². The summed E-state index contributed by atoms with van der Waals surface area (Å²) in [7, 11) is 3.84. The van der Waals surface area contributed by atoms with Crippen LogP contribution < -0.4 is 19.3 Å². The van der Waals surface area contributed by atoms with E-state index in [9.17, 15) is 9.90 Å². The Morgan fingerprint density at radius 2 is 1.71 bits per heavy atom. The first kappa shape index (κ1) is 29.4. The monoisotopic (exact) mass is 569 g/mol. The summed E-state index contributed by atoms with van der Waals surface area (Å²) in [6.07, 6.45) is 2.33. The highest BCUT2D eigenvalue weighted by Crippen LogP contribution is 2.38. The van der Waals surface area contributed by atoms with Crippen molar-refractivity contribution in [3.63, 3.8) is 0 Å². The number of hydrogen-bond acceptors (Lipinski definition) is 9. The van der Waals surface area contributed by atoms with Gasteiger partial charge in [0, 0.05) is 76.9 Å². The van der Waals surface area contributed by atoms with Crippen molar-refractivity contribution >= 4 is 28.8 Å². The summed E-state index contributed by atoms with van der Waals surface area (Å²) in [5.41, 5.74) is 0.597. The van der Waals surface area contributed by atoms with E-state index in [1.807, 2.05) is 12.1 Å². The third kappa shape index (κ3) is 6.72. The molecule has 1 amide bonds. The molecule has 0 spiro atoms. The summed E-state index contributed by atoms with van der Waals surface area (Å²) >= 11 is 0. The van der Waals surface area contributed by atoms with Crippen molar-refractivity contribution in [2.45, 2.75) is 46.1 Å². The van der Waals surface area contributed by atoms with Crippen molar-refractivity contribution in [2.75, 3.05) is 96.0 Å². The Hall–Kier alpha value is -3.05. The molecule has 2 aromatic rings. The molecule has 3 aliphatic heterocycles. The van der Waals surface area contributed by atoms with Gasteiger partial charge in [-0.25, -0.2) is 9.78 Å². The van der Waals surface area contributed by atoms with Gasteiger partial charge in [0.05, 0.1) is 25.3 Å². The Labute approximate surface area is 244 Å². The first-order valence-corrected chi connectivity index (χ1v) is 15.1. The number of carbonyl (C=O) groups is 1. The molecule has 1 atom stereocenters. The number of amides is 1. The maximum Gasteiger partial charge on any atom is 0.407 e. The van der Waals surface area contributed by atoms with Crippen LogP contribution >= 0.6 is 0 Å². The van der Waals surface area contributed by atoms with Crippen LogP contribution in [0, 0.1) is 5.41 Å². The lowest BCUT2D eigenvalue weighted by Crippen LogP contribution is -2.59. The fourth-order valence-electron chi connectivity index (χ4n) is 6.17. The van der Waals surface area contributed by atoms with Gasteiger partial charge in [-0.05, 0) is 37.8 Å². The minimum atomic E-state index is -0.869. The van der Waals surface area contributed by atoms with Crippen LogP contribution in [0.15, 0.2) is 12.1 Å². The van der Waals surface area contributed by atoms with E-state index in [1.54, 1.807) is 12.0 Å². The molecule has 3 saturated heterocycles. The van der Waals surface area contributed by atoms with Crippen molar-refractivity contribution in [1.82, 2.24) is 24.7 Å². The molecule has 0 bridgehead atoms. The third-order valence-electron chi connectivity index (χ3n) is 8.74. The average molecular weight is 570 g/mol. The second-order valence-corrected chi connectivity index (χ2v) is 12.7. The molecule has 226 valence electrons. The number of fused-ring (bicyclic) bond motifs is 1. The lowest BCUT2D eigenvalue weighted by atomic mass is 9.84. The summed E-state index contributed by atoms with van der Waals surface area (Å²) in [5, 5.41) is 10.8. The highest BCUT2D eigenvalue weighted by atomic mass is 16.5. The number of carboxylic acid groups (broad SMARTS) is 1. The molecule has 1 aromatic carbocycles. The molecule has 0 saturated carbocycles. The number of piperazine rings is 2. The third-order valence-corrected chi connectivity index (χ3v) is 8.74. The normalized spacial score (nSPS) is 21.1. The van der Waals surface area contributed by atoms with E-state index < -0.39 is 6.09 Å². The van der Waals surface area contributed by atoms with Crippen LogP contribution in [-0.4, -0.2) is 128 Å². The van der Waals surface area contributed by atoms with Gasteiger partial charge in [-0.2, -0.15) is 4.98 Å². The van der Waals surface area contributed by atoms with Crippen LogP contribution in [0.25, 0.3) is 10.9 Å². The Morgan fingerprint density at radius 3 is 2.37 bits per heavy atom. The number of methoxy groups -OCH3 is 1. The second-order valence-electron chi connectivity index (χ2n) is 12.7. The number of likely N-dealkylation sites (N-methyl/N-ethyl adjacent to an activating group) is 1. The van der Waals surface area contributed by atoms with Crippen LogP contribution in [0.5, 0.6) is 11.5 Å². The van der Waals surface area contributed by atoms with Gasteiger partial charge in [0.2, 0.25) is 5.95 Å². The van der Waals surface area contributed by atoms with Crippen LogP contribution in [-0.2, 0) is 0 Å². The molecule has 0 aliphatic carbocycles. The molecule has 3 aliphatic rings. The molecule has 0 radical (unpaired) electrons. The molecule has 4 heterocycles. The SMILES string of the molecule is COc1cc2c(N3CCN(C(=O)O)C(C(C)(C)C)C3)nc(N3CCCC3)nc2cc1OCCCN1CCN(C)CC1. The number of benzene rings is 1. The Morgan fingerprint density at radius 1 is 0.976 bits per heavy atom. The summed E-state index contributed by atoms with van der Waals surface area (Å²) in [5.74, 6) is 2.91. The minimum absolute atomic E-state index is 0.168. The molecule has 1 unspecified atom stereocenters. The number of aromatic nitrogens is 2. The topological polar surface area (TPSA) is 97.7 Å². The Balaban J connectivity index is 1.42. The average Bonchev–Trinajstić information content (AvgIpc) is 3.49. The fraction of sp³-hybridized carbons (Fsp3) is 0.700. The van der Waals surface area contributed by atoms with Gasteiger partial charge < -0.3 is 39.1 Å². The highest BCUT2D eigenvalue weighted by molar-refractivity contribution is 5.93. The molecule has 11 nitrogen and oxygen atoms in total. The molecule has 5 rings (SSSR count). The molecule has 3 fully saturated rings. The standard InChI is InChI=1S/C30H47N7O4/c1-30(2,3)26-21-36(16-17-37(26)29(38)39)27-22-19-24(40-5)25(41-18-8-9-34-14-12-33(4)13-15-34)20-23(22)31-28(32-27)35-10-6-7-11-35/h19-20,26H,6-18,21H2,1-5H3,(H,38,39). The molecule has 41 heavy (non-hydrogen) atoms.